The van der Waals surface area contributed by atoms with Crippen LogP contribution in [0.25, 0.3) is 0 Å². The van der Waals surface area contributed by atoms with Gasteiger partial charge in [0.15, 0.2) is 0 Å². The Balaban J connectivity index is 2.19. The summed E-state index contributed by atoms with van der Waals surface area (Å²) < 4.78 is 0. The van der Waals surface area contributed by atoms with Gasteiger partial charge in [-0.3, -0.25) is 4.90 Å². The minimum atomic E-state index is 0.120. The van der Waals surface area contributed by atoms with Gasteiger partial charge in [0.25, 0.3) is 0 Å². The summed E-state index contributed by atoms with van der Waals surface area (Å²) in [6.45, 7) is 11.2. The molecule has 1 heterocycles. The quantitative estimate of drug-likeness (QED) is 0.739. The van der Waals surface area contributed by atoms with E-state index < -0.39 is 0 Å². The van der Waals surface area contributed by atoms with Crippen LogP contribution in [0.15, 0.2) is 0 Å². The maximum atomic E-state index is 11.9. The summed E-state index contributed by atoms with van der Waals surface area (Å²) in [5.41, 5.74) is 0. The van der Waals surface area contributed by atoms with Gasteiger partial charge in [-0.05, 0) is 19.8 Å². The Morgan fingerprint density at radius 2 is 1.83 bits per heavy atom. The van der Waals surface area contributed by atoms with Gasteiger partial charge in [-0.15, -0.1) is 0 Å². The highest BCUT2D eigenvalue weighted by Crippen LogP contribution is 2.08. The second kappa shape index (κ2) is 8.35. The van der Waals surface area contributed by atoms with Crippen LogP contribution in [0.5, 0.6) is 0 Å². The molecule has 0 bridgehead atoms. The smallest absolute Gasteiger partial charge is 0.317 e. The van der Waals surface area contributed by atoms with Crippen LogP contribution in [0.3, 0.4) is 0 Å². The van der Waals surface area contributed by atoms with Gasteiger partial charge in [0.2, 0.25) is 0 Å². The lowest BCUT2D eigenvalue weighted by atomic mass is 10.2. The lowest BCUT2D eigenvalue weighted by Gasteiger charge is -2.37. The first kappa shape index (κ1) is 15.3. The minimum Gasteiger partial charge on any atom is -0.338 e. The lowest BCUT2D eigenvalue weighted by molar-refractivity contribution is 0.112. The van der Waals surface area contributed by atoms with E-state index in [0.717, 1.165) is 39.1 Å². The number of rotatable bonds is 6. The topological polar surface area (TPSA) is 35.6 Å². The molecule has 0 aromatic carbocycles. The highest BCUT2D eigenvalue weighted by molar-refractivity contribution is 5.74. The first-order valence-corrected chi connectivity index (χ1v) is 7.45. The average molecular weight is 255 g/mol. The van der Waals surface area contributed by atoms with Crippen molar-refractivity contribution in [2.45, 2.75) is 52.5 Å². The van der Waals surface area contributed by atoms with Gasteiger partial charge >= 0.3 is 6.03 Å². The average Bonchev–Trinajstić information content (AvgIpc) is 2.42. The highest BCUT2D eigenvalue weighted by atomic mass is 16.2. The van der Waals surface area contributed by atoms with E-state index in [1.54, 1.807) is 0 Å². The van der Waals surface area contributed by atoms with Crippen LogP contribution in [0.1, 0.15) is 46.5 Å². The van der Waals surface area contributed by atoms with Crippen molar-refractivity contribution in [3.05, 3.63) is 0 Å². The van der Waals surface area contributed by atoms with E-state index >= 15 is 0 Å². The van der Waals surface area contributed by atoms with Crippen LogP contribution in [0.2, 0.25) is 0 Å². The van der Waals surface area contributed by atoms with E-state index in [1.165, 1.54) is 19.3 Å². The molecule has 4 heteroatoms. The number of unbranched alkanes of at least 4 members (excludes halogenated alkanes) is 2. The molecule has 1 N–H and O–H groups in total. The minimum absolute atomic E-state index is 0.120. The molecule has 18 heavy (non-hydrogen) atoms. The maximum Gasteiger partial charge on any atom is 0.317 e. The van der Waals surface area contributed by atoms with Gasteiger partial charge < -0.3 is 10.2 Å². The van der Waals surface area contributed by atoms with Crippen LogP contribution in [-0.4, -0.2) is 54.6 Å². The molecule has 0 aromatic heterocycles. The SMILES string of the molecule is CCCCCNC(=O)N1CCN(C(C)CC)CC1. The molecule has 0 aliphatic carbocycles. The van der Waals surface area contributed by atoms with Crippen molar-refractivity contribution < 1.29 is 4.79 Å². The Morgan fingerprint density at radius 3 is 2.39 bits per heavy atom. The fourth-order valence-corrected chi connectivity index (χ4v) is 2.31. The third kappa shape index (κ3) is 4.84. The van der Waals surface area contributed by atoms with Crippen molar-refractivity contribution in [3.63, 3.8) is 0 Å². The predicted octanol–water partition coefficient (Wildman–Crippen LogP) is 2.30. The zero-order valence-corrected chi connectivity index (χ0v) is 12.2. The molecule has 1 unspecified atom stereocenters. The number of carbonyl (C=O) groups is 1. The van der Waals surface area contributed by atoms with Gasteiger partial charge in [-0.25, -0.2) is 4.79 Å². The monoisotopic (exact) mass is 255 g/mol. The molecule has 1 saturated heterocycles. The molecule has 0 saturated carbocycles. The number of hydrogen-bond donors (Lipinski definition) is 1. The maximum absolute atomic E-state index is 11.9. The summed E-state index contributed by atoms with van der Waals surface area (Å²) >= 11 is 0. The van der Waals surface area contributed by atoms with E-state index in [4.69, 9.17) is 0 Å². The van der Waals surface area contributed by atoms with Crippen LogP contribution >= 0.6 is 0 Å². The number of nitrogens with one attached hydrogen (secondary N) is 1. The third-order valence-electron chi connectivity index (χ3n) is 3.87. The first-order valence-electron chi connectivity index (χ1n) is 7.45. The second-order valence-corrected chi connectivity index (χ2v) is 5.22. The third-order valence-corrected chi connectivity index (χ3v) is 3.87. The van der Waals surface area contributed by atoms with Gasteiger partial charge in [0.1, 0.15) is 0 Å². The molecule has 1 atom stereocenters. The van der Waals surface area contributed by atoms with Crippen molar-refractivity contribution in [2.75, 3.05) is 32.7 Å². The second-order valence-electron chi connectivity index (χ2n) is 5.22. The molecular weight excluding hydrogens is 226 g/mol. The Labute approximate surface area is 112 Å². The fourth-order valence-electron chi connectivity index (χ4n) is 2.31. The van der Waals surface area contributed by atoms with E-state index in [-0.39, 0.29) is 6.03 Å². The van der Waals surface area contributed by atoms with E-state index in [0.29, 0.717) is 6.04 Å². The van der Waals surface area contributed by atoms with Gasteiger partial charge in [0, 0.05) is 38.8 Å². The zero-order chi connectivity index (χ0) is 13.4. The Morgan fingerprint density at radius 1 is 1.17 bits per heavy atom. The fraction of sp³-hybridized carbons (Fsp3) is 0.929. The highest BCUT2D eigenvalue weighted by Gasteiger charge is 2.22. The van der Waals surface area contributed by atoms with Crippen molar-refractivity contribution in [1.29, 1.82) is 0 Å². The molecule has 1 aliphatic rings. The standard InChI is InChI=1S/C14H29N3O/c1-4-6-7-8-15-14(18)17-11-9-16(10-12-17)13(3)5-2/h13H,4-12H2,1-3H3,(H,15,18). The number of urea groups is 1. The Kier molecular flexibility index (Phi) is 7.09. The summed E-state index contributed by atoms with van der Waals surface area (Å²) in [7, 11) is 0. The van der Waals surface area contributed by atoms with Crippen molar-refractivity contribution in [2.24, 2.45) is 0 Å². The summed E-state index contributed by atoms with van der Waals surface area (Å²) in [5.74, 6) is 0. The molecule has 0 spiro atoms. The molecule has 1 rings (SSSR count). The van der Waals surface area contributed by atoms with E-state index in [1.807, 2.05) is 4.90 Å². The number of nitrogens with zero attached hydrogens (tertiary/aromatic N) is 2. The first-order chi connectivity index (χ1) is 8.69. The molecule has 2 amide bonds. The van der Waals surface area contributed by atoms with Crippen LogP contribution in [-0.2, 0) is 0 Å². The molecule has 0 aromatic rings. The number of carbonyl (C=O) groups excluding carboxylic acids is 1. The lowest BCUT2D eigenvalue weighted by Crippen LogP contribution is -2.53. The molecule has 1 aliphatic heterocycles. The molecule has 4 nitrogen and oxygen atoms in total. The summed E-state index contributed by atoms with van der Waals surface area (Å²) in [5, 5.41) is 3.01. The van der Waals surface area contributed by atoms with Gasteiger partial charge in [-0.2, -0.15) is 0 Å². The largest absolute Gasteiger partial charge is 0.338 e. The normalized spacial score (nSPS) is 18.7. The van der Waals surface area contributed by atoms with Crippen molar-refractivity contribution in [3.8, 4) is 0 Å². The Hall–Kier alpha value is -0.770. The van der Waals surface area contributed by atoms with Crippen molar-refractivity contribution >= 4 is 6.03 Å². The number of amides is 2. The van der Waals surface area contributed by atoms with Crippen LogP contribution in [0.4, 0.5) is 4.79 Å². The summed E-state index contributed by atoms with van der Waals surface area (Å²) in [4.78, 5) is 16.3. The summed E-state index contributed by atoms with van der Waals surface area (Å²) in [6.07, 6.45) is 4.67. The van der Waals surface area contributed by atoms with Gasteiger partial charge in [0.05, 0.1) is 0 Å². The molecular formula is C14H29N3O. The van der Waals surface area contributed by atoms with Crippen molar-refractivity contribution in [1.82, 2.24) is 15.1 Å². The molecule has 106 valence electrons. The Bertz CT molecular complexity index is 237. The van der Waals surface area contributed by atoms with Gasteiger partial charge in [-0.1, -0.05) is 26.7 Å². The molecule has 0 radical (unpaired) electrons. The predicted molar refractivity (Wildman–Crippen MR) is 75.8 cm³/mol. The van der Waals surface area contributed by atoms with Crippen LogP contribution in [0, 0.1) is 0 Å². The van der Waals surface area contributed by atoms with E-state index in [2.05, 4.69) is 31.0 Å². The summed E-state index contributed by atoms with van der Waals surface area (Å²) in [6, 6.07) is 0.759. The number of piperazine rings is 1. The number of hydrogen-bond acceptors (Lipinski definition) is 2. The van der Waals surface area contributed by atoms with Crippen LogP contribution < -0.4 is 5.32 Å². The zero-order valence-electron chi connectivity index (χ0n) is 12.2. The van der Waals surface area contributed by atoms with E-state index in [9.17, 15) is 4.79 Å². The molecule has 1 fully saturated rings.